The number of ether oxygens (including phenoxy) is 2. The lowest BCUT2D eigenvalue weighted by molar-refractivity contribution is -0.119. The molecule has 0 radical (unpaired) electrons. The maximum absolute atomic E-state index is 12.8. The van der Waals surface area contributed by atoms with Crippen molar-refractivity contribution in [3.63, 3.8) is 0 Å². The summed E-state index contributed by atoms with van der Waals surface area (Å²) in [6.45, 7) is 4.09. The summed E-state index contributed by atoms with van der Waals surface area (Å²) >= 11 is 0.273. The van der Waals surface area contributed by atoms with Gasteiger partial charge in [0.15, 0.2) is 0 Å². The molecule has 0 saturated carbocycles. The van der Waals surface area contributed by atoms with E-state index in [0.29, 0.717) is 23.7 Å². The lowest BCUT2D eigenvalue weighted by Crippen LogP contribution is -2.47. The zero-order valence-electron chi connectivity index (χ0n) is 19.4. The molecule has 34 heavy (non-hydrogen) atoms. The first-order valence-corrected chi connectivity index (χ1v) is 11.4. The van der Waals surface area contributed by atoms with Gasteiger partial charge in [0.2, 0.25) is 18.2 Å². The SMILES string of the molecule is COc1ccccc1NCc1c(-c2ccc(OSO)cc2OC)ccc2c1NC(=O)C(C)(C)N2. The van der Waals surface area contributed by atoms with Crippen molar-refractivity contribution in [3.05, 3.63) is 60.2 Å². The van der Waals surface area contributed by atoms with E-state index in [4.69, 9.17) is 18.2 Å². The highest BCUT2D eigenvalue weighted by Gasteiger charge is 2.34. The van der Waals surface area contributed by atoms with Crippen LogP contribution in [0.3, 0.4) is 0 Å². The van der Waals surface area contributed by atoms with Crippen molar-refractivity contribution in [1.82, 2.24) is 0 Å². The van der Waals surface area contributed by atoms with Crippen LogP contribution in [0.25, 0.3) is 11.1 Å². The molecule has 178 valence electrons. The summed E-state index contributed by atoms with van der Waals surface area (Å²) in [5.74, 6) is 1.63. The monoisotopic (exact) mass is 481 g/mol. The second-order valence-corrected chi connectivity index (χ2v) is 8.61. The van der Waals surface area contributed by atoms with Crippen LogP contribution in [0.5, 0.6) is 17.2 Å². The summed E-state index contributed by atoms with van der Waals surface area (Å²) in [5, 5.41) is 9.86. The number of methoxy groups -OCH3 is 2. The smallest absolute Gasteiger partial charge is 0.249 e. The number of anilines is 3. The summed E-state index contributed by atoms with van der Waals surface area (Å²) in [6.07, 6.45) is 0. The van der Waals surface area contributed by atoms with Crippen molar-refractivity contribution >= 4 is 35.3 Å². The number of nitrogens with one attached hydrogen (secondary N) is 3. The number of benzene rings is 3. The molecule has 0 aromatic heterocycles. The van der Waals surface area contributed by atoms with Gasteiger partial charge in [-0.3, -0.25) is 9.35 Å². The molecule has 8 nitrogen and oxygen atoms in total. The largest absolute Gasteiger partial charge is 0.496 e. The van der Waals surface area contributed by atoms with Crippen LogP contribution in [0.4, 0.5) is 17.1 Å². The standard InChI is InChI=1S/C25H27N3O5S/c1-25(2)24(29)27-23-18(14-26-19-7-5-6-8-21(19)31-3)16(11-12-20(23)28-25)17-10-9-15(33-34-30)13-22(17)32-4/h5-13,26,28,30H,14H2,1-4H3,(H,27,29). The summed E-state index contributed by atoms with van der Waals surface area (Å²) in [7, 11) is 3.20. The molecule has 0 atom stereocenters. The van der Waals surface area contributed by atoms with E-state index in [2.05, 4.69) is 16.0 Å². The van der Waals surface area contributed by atoms with E-state index < -0.39 is 5.54 Å². The van der Waals surface area contributed by atoms with E-state index in [1.54, 1.807) is 26.4 Å². The molecule has 0 saturated heterocycles. The lowest BCUT2D eigenvalue weighted by Gasteiger charge is -2.34. The molecular formula is C25H27N3O5S. The Hall–Kier alpha value is -3.56. The molecule has 1 heterocycles. The van der Waals surface area contributed by atoms with Gasteiger partial charge in [-0.1, -0.05) is 18.2 Å². The summed E-state index contributed by atoms with van der Waals surface area (Å²) < 4.78 is 25.3. The van der Waals surface area contributed by atoms with Gasteiger partial charge in [0.1, 0.15) is 22.8 Å². The number of hydrogen-bond donors (Lipinski definition) is 4. The maximum atomic E-state index is 12.8. The topological polar surface area (TPSA) is 101 Å². The van der Waals surface area contributed by atoms with Crippen molar-refractivity contribution in [2.24, 2.45) is 0 Å². The van der Waals surface area contributed by atoms with Crippen LogP contribution in [0.1, 0.15) is 19.4 Å². The van der Waals surface area contributed by atoms with Gasteiger partial charge in [0.25, 0.3) is 0 Å². The first-order chi connectivity index (χ1) is 16.4. The molecule has 4 N–H and O–H groups in total. The number of amides is 1. The molecule has 9 heteroatoms. The van der Waals surface area contributed by atoms with Crippen LogP contribution < -0.4 is 29.6 Å². The van der Waals surface area contributed by atoms with Crippen molar-refractivity contribution in [3.8, 4) is 28.4 Å². The summed E-state index contributed by atoms with van der Waals surface area (Å²) in [6, 6.07) is 16.9. The normalized spacial score (nSPS) is 13.9. The fourth-order valence-electron chi connectivity index (χ4n) is 3.96. The van der Waals surface area contributed by atoms with E-state index in [0.717, 1.165) is 33.8 Å². The van der Waals surface area contributed by atoms with Gasteiger partial charge >= 0.3 is 0 Å². The third-order valence-corrected chi connectivity index (χ3v) is 5.99. The molecule has 3 aromatic rings. The van der Waals surface area contributed by atoms with E-state index >= 15 is 0 Å². The Bertz CT molecular complexity index is 1220. The predicted molar refractivity (Wildman–Crippen MR) is 136 cm³/mol. The van der Waals surface area contributed by atoms with Crippen molar-refractivity contribution < 1.29 is 23.0 Å². The molecule has 0 aliphatic carbocycles. The predicted octanol–water partition coefficient (Wildman–Crippen LogP) is 5.63. The number of fused-ring (bicyclic) bond motifs is 1. The van der Waals surface area contributed by atoms with Gasteiger partial charge in [0.05, 0.1) is 31.3 Å². The van der Waals surface area contributed by atoms with E-state index in [1.165, 1.54) is 0 Å². The van der Waals surface area contributed by atoms with Crippen LogP contribution in [0, 0.1) is 0 Å². The van der Waals surface area contributed by atoms with Gasteiger partial charge in [-0.2, -0.15) is 0 Å². The minimum Gasteiger partial charge on any atom is -0.496 e. The molecule has 4 rings (SSSR count). The van der Waals surface area contributed by atoms with Crippen LogP contribution in [-0.2, 0) is 11.3 Å². The van der Waals surface area contributed by atoms with Crippen LogP contribution >= 0.6 is 12.3 Å². The first-order valence-electron chi connectivity index (χ1n) is 10.7. The third kappa shape index (κ3) is 4.57. The van der Waals surface area contributed by atoms with Crippen LogP contribution in [0.15, 0.2) is 54.6 Å². The van der Waals surface area contributed by atoms with Gasteiger partial charge < -0.3 is 29.6 Å². The molecule has 1 aliphatic heterocycles. The van der Waals surface area contributed by atoms with Crippen LogP contribution in [0.2, 0.25) is 0 Å². The van der Waals surface area contributed by atoms with Crippen molar-refractivity contribution in [2.75, 3.05) is 30.2 Å². The molecule has 3 aromatic carbocycles. The number of hydrogen-bond acceptors (Lipinski definition) is 8. The Morgan fingerprint density at radius 1 is 1.00 bits per heavy atom. The number of rotatable bonds is 8. The Morgan fingerprint density at radius 2 is 1.74 bits per heavy atom. The van der Waals surface area contributed by atoms with E-state index in [-0.39, 0.29) is 18.2 Å². The number of para-hydroxylation sites is 2. The van der Waals surface area contributed by atoms with Gasteiger partial charge in [-0.05, 0) is 49.7 Å². The highest BCUT2D eigenvalue weighted by Crippen LogP contribution is 2.43. The van der Waals surface area contributed by atoms with E-state index in [1.807, 2.05) is 56.3 Å². The lowest BCUT2D eigenvalue weighted by atomic mass is 9.92. The molecule has 0 bridgehead atoms. The minimum absolute atomic E-state index is 0.119. The van der Waals surface area contributed by atoms with Crippen LogP contribution in [-0.4, -0.2) is 30.2 Å². The molecular weight excluding hydrogens is 454 g/mol. The van der Waals surface area contributed by atoms with E-state index in [9.17, 15) is 4.79 Å². The first kappa shape index (κ1) is 23.6. The van der Waals surface area contributed by atoms with Gasteiger partial charge in [0, 0.05) is 23.7 Å². The second-order valence-electron chi connectivity index (χ2n) is 8.29. The Morgan fingerprint density at radius 3 is 2.47 bits per heavy atom. The Kier molecular flexibility index (Phi) is 6.76. The summed E-state index contributed by atoms with van der Waals surface area (Å²) in [5.41, 5.74) is 4.21. The highest BCUT2D eigenvalue weighted by molar-refractivity contribution is 7.89. The Balaban J connectivity index is 1.82. The molecule has 1 aliphatic rings. The van der Waals surface area contributed by atoms with Gasteiger partial charge in [-0.15, -0.1) is 0 Å². The van der Waals surface area contributed by atoms with Crippen molar-refractivity contribution in [1.29, 1.82) is 0 Å². The second kappa shape index (κ2) is 9.74. The zero-order valence-corrected chi connectivity index (χ0v) is 20.2. The molecule has 0 unspecified atom stereocenters. The highest BCUT2D eigenvalue weighted by atomic mass is 32.2. The molecule has 1 amide bonds. The Labute approximate surface area is 203 Å². The maximum Gasteiger partial charge on any atom is 0.249 e. The molecule has 0 spiro atoms. The van der Waals surface area contributed by atoms with Gasteiger partial charge in [-0.25, -0.2) is 0 Å². The third-order valence-electron chi connectivity index (χ3n) is 5.73. The number of carbonyl (C=O) groups is 1. The zero-order chi connectivity index (χ0) is 24.3. The fourth-order valence-corrected chi connectivity index (χ4v) is 4.15. The minimum atomic E-state index is -0.736. The fraction of sp³-hybridized carbons (Fsp3) is 0.240. The quantitative estimate of drug-likeness (QED) is 0.307. The number of carbonyl (C=O) groups excluding carboxylic acids is 1. The summed E-state index contributed by atoms with van der Waals surface area (Å²) in [4.78, 5) is 12.8. The molecule has 0 fully saturated rings. The van der Waals surface area contributed by atoms with Crippen molar-refractivity contribution in [2.45, 2.75) is 25.9 Å². The average Bonchev–Trinajstić information content (AvgIpc) is 2.83. The average molecular weight is 482 g/mol.